The van der Waals surface area contributed by atoms with Crippen molar-refractivity contribution in [1.82, 2.24) is 20.3 Å². The first-order valence-corrected chi connectivity index (χ1v) is 12.0. The van der Waals surface area contributed by atoms with Gasteiger partial charge in [0.2, 0.25) is 5.88 Å². The minimum Gasteiger partial charge on any atom is -0.472 e. The Labute approximate surface area is 209 Å². The fourth-order valence-corrected chi connectivity index (χ4v) is 6.36. The number of aryl methyl sites for hydroxylation is 1. The number of hydrogen-bond donors (Lipinski definition) is 2. The van der Waals surface area contributed by atoms with Crippen molar-refractivity contribution in [1.29, 1.82) is 0 Å². The van der Waals surface area contributed by atoms with Crippen LogP contribution < -0.4 is 20.7 Å². The second kappa shape index (κ2) is 7.79. The van der Waals surface area contributed by atoms with Crippen molar-refractivity contribution in [2.24, 2.45) is 5.92 Å². The maximum Gasteiger partial charge on any atom is 0.417 e. The lowest BCUT2D eigenvalue weighted by Crippen LogP contribution is -2.62. The van der Waals surface area contributed by atoms with Gasteiger partial charge in [-0.15, -0.1) is 0 Å². The maximum atomic E-state index is 15.3. The molecule has 1 aromatic carbocycles. The summed E-state index contributed by atoms with van der Waals surface area (Å²) < 4.78 is 63.9. The number of ether oxygens (including phenoxy) is 1. The van der Waals surface area contributed by atoms with Crippen LogP contribution in [0.2, 0.25) is 5.02 Å². The summed E-state index contributed by atoms with van der Waals surface area (Å²) in [7, 11) is 0. The Kier molecular flexibility index (Phi) is 5.08. The summed E-state index contributed by atoms with van der Waals surface area (Å²) in [4.78, 5) is 15.3. The number of piperazine rings is 1. The number of pyridine rings is 1. The second-order valence-corrected chi connectivity index (χ2v) is 10.3. The number of halogens is 5. The van der Waals surface area contributed by atoms with Gasteiger partial charge in [-0.05, 0) is 37.8 Å². The lowest BCUT2D eigenvalue weighted by Gasteiger charge is -2.43. The molecule has 3 aliphatic rings. The summed E-state index contributed by atoms with van der Waals surface area (Å²) >= 11 is 6.64. The predicted molar refractivity (Wildman–Crippen MR) is 128 cm³/mol. The molecule has 6 rings (SSSR count). The van der Waals surface area contributed by atoms with Crippen molar-refractivity contribution in [2.75, 3.05) is 17.2 Å². The predicted octanol–water partition coefficient (Wildman–Crippen LogP) is 4.73. The van der Waals surface area contributed by atoms with Crippen LogP contribution in [0.1, 0.15) is 31.4 Å². The van der Waals surface area contributed by atoms with E-state index in [0.29, 0.717) is 23.7 Å². The number of rotatable bonds is 1. The highest BCUT2D eigenvalue weighted by molar-refractivity contribution is 6.38. The third kappa shape index (κ3) is 3.25. The number of alkyl halides is 3. The molecule has 0 amide bonds. The Hall–Kier alpha value is -2.92. The van der Waals surface area contributed by atoms with E-state index in [4.69, 9.17) is 22.1 Å². The van der Waals surface area contributed by atoms with Crippen LogP contribution in [0, 0.1) is 18.7 Å². The van der Waals surface area contributed by atoms with Crippen molar-refractivity contribution in [3.8, 4) is 17.1 Å². The van der Waals surface area contributed by atoms with E-state index < -0.39 is 40.6 Å². The standard InChI is InChI=1S/C24H23ClF4N6O/c1-8-5-12-21-10(3)36-23-15-19(31-7-32-22(15)35(21)6-13(8)33-12)17(25)20(34-23)14-16(24(27,28)29)9(2)4-11(30)18(14)26/h4,7-8,10,12-13,21,33H,5-6,30H2,1-3H3/t8?,10?,12-,13-,21?/m0/s1. The fourth-order valence-electron chi connectivity index (χ4n) is 6.08. The smallest absolute Gasteiger partial charge is 0.417 e. The first-order valence-electron chi connectivity index (χ1n) is 11.7. The fraction of sp³-hybridized carbons (Fsp3) is 0.458. The molecule has 0 spiro atoms. The van der Waals surface area contributed by atoms with E-state index in [-0.39, 0.29) is 40.1 Å². The van der Waals surface area contributed by atoms with Gasteiger partial charge in [0.25, 0.3) is 0 Å². The lowest BCUT2D eigenvalue weighted by atomic mass is 9.96. The van der Waals surface area contributed by atoms with Crippen LogP contribution in [0.4, 0.5) is 29.1 Å². The molecule has 2 aromatic heterocycles. The zero-order valence-corrected chi connectivity index (χ0v) is 20.4. The molecule has 3 unspecified atom stereocenters. The molecule has 0 saturated carbocycles. The zero-order valence-electron chi connectivity index (χ0n) is 19.6. The lowest BCUT2D eigenvalue weighted by molar-refractivity contribution is -0.137. The Balaban J connectivity index is 1.64. The van der Waals surface area contributed by atoms with Crippen molar-refractivity contribution in [2.45, 2.75) is 57.6 Å². The van der Waals surface area contributed by atoms with Gasteiger partial charge in [-0.1, -0.05) is 18.5 Å². The van der Waals surface area contributed by atoms with E-state index in [0.717, 1.165) is 12.5 Å². The first kappa shape index (κ1) is 23.5. The van der Waals surface area contributed by atoms with Gasteiger partial charge >= 0.3 is 6.18 Å². The van der Waals surface area contributed by atoms with E-state index in [2.05, 4.69) is 32.1 Å². The summed E-state index contributed by atoms with van der Waals surface area (Å²) in [5.41, 5.74) is 2.74. The number of nitrogens with two attached hydrogens (primary N) is 1. The summed E-state index contributed by atoms with van der Waals surface area (Å²) in [5, 5.41) is 3.81. The van der Waals surface area contributed by atoms with Gasteiger partial charge in [0.1, 0.15) is 29.2 Å². The number of aromatic nitrogens is 3. The number of nitrogen functional groups attached to an aromatic ring is 1. The number of benzene rings is 1. The number of anilines is 2. The largest absolute Gasteiger partial charge is 0.472 e. The monoisotopic (exact) mass is 522 g/mol. The second-order valence-electron chi connectivity index (χ2n) is 9.90. The van der Waals surface area contributed by atoms with Crippen LogP contribution in [0.3, 0.4) is 0 Å². The molecule has 2 fully saturated rings. The highest BCUT2D eigenvalue weighted by Crippen LogP contribution is 2.49. The molecule has 12 heteroatoms. The van der Waals surface area contributed by atoms with E-state index in [1.807, 2.05) is 6.92 Å². The molecule has 7 nitrogen and oxygen atoms in total. The maximum absolute atomic E-state index is 15.3. The van der Waals surface area contributed by atoms with Crippen molar-refractivity contribution < 1.29 is 22.3 Å². The Bertz CT molecular complexity index is 1410. The third-order valence-electron chi connectivity index (χ3n) is 7.64. The quantitative estimate of drug-likeness (QED) is 0.353. The van der Waals surface area contributed by atoms with Crippen molar-refractivity contribution >= 4 is 34.0 Å². The number of fused-ring (bicyclic) bond motifs is 5. The molecule has 5 heterocycles. The zero-order chi connectivity index (χ0) is 25.7. The van der Waals surface area contributed by atoms with E-state index in [1.165, 1.54) is 13.3 Å². The Morgan fingerprint density at radius 2 is 1.97 bits per heavy atom. The van der Waals surface area contributed by atoms with Gasteiger partial charge in [-0.25, -0.2) is 19.3 Å². The van der Waals surface area contributed by atoms with Crippen LogP contribution in [-0.2, 0) is 6.18 Å². The molecule has 3 N–H and O–H groups in total. The molecule has 2 saturated heterocycles. The van der Waals surface area contributed by atoms with Crippen molar-refractivity contribution in [3.05, 3.63) is 34.4 Å². The van der Waals surface area contributed by atoms with Crippen LogP contribution >= 0.6 is 11.6 Å². The van der Waals surface area contributed by atoms with Gasteiger partial charge in [0, 0.05) is 18.6 Å². The average molecular weight is 523 g/mol. The average Bonchev–Trinajstić information content (AvgIpc) is 3.02. The van der Waals surface area contributed by atoms with Gasteiger partial charge in [0.05, 0.1) is 33.6 Å². The highest BCUT2D eigenvalue weighted by atomic mass is 35.5. The topological polar surface area (TPSA) is 89.2 Å². The minimum atomic E-state index is -4.88. The number of nitrogens with zero attached hydrogens (tertiary/aromatic N) is 4. The van der Waals surface area contributed by atoms with E-state index >= 15 is 4.39 Å². The normalized spacial score (nSPS) is 27.1. The molecule has 3 aromatic rings. The summed E-state index contributed by atoms with van der Waals surface area (Å²) in [6, 6.07) is 1.24. The Morgan fingerprint density at radius 3 is 2.69 bits per heavy atom. The number of hydrogen-bond acceptors (Lipinski definition) is 7. The van der Waals surface area contributed by atoms with Gasteiger partial charge in [0.15, 0.2) is 5.82 Å². The molecule has 5 atom stereocenters. The van der Waals surface area contributed by atoms with Gasteiger partial charge in [-0.2, -0.15) is 13.2 Å². The molecule has 0 aliphatic carbocycles. The molecular formula is C24H23ClF4N6O. The highest BCUT2D eigenvalue weighted by Gasteiger charge is 2.49. The Morgan fingerprint density at radius 1 is 1.22 bits per heavy atom. The van der Waals surface area contributed by atoms with Crippen LogP contribution in [0.25, 0.3) is 22.2 Å². The molecular weight excluding hydrogens is 500 g/mol. The minimum absolute atomic E-state index is 0.0124. The van der Waals surface area contributed by atoms with Crippen LogP contribution in [-0.4, -0.2) is 45.7 Å². The van der Waals surface area contributed by atoms with E-state index in [1.54, 1.807) is 0 Å². The SMILES string of the molecule is Cc1cc(N)c(F)c(-c2nc3c4c(ncnc4c2Cl)N2C[C@@H]4N[C@@H](CC4C)C2C(C)O3)c1C(F)(F)F. The summed E-state index contributed by atoms with van der Waals surface area (Å²) in [6.45, 7) is 5.97. The van der Waals surface area contributed by atoms with Crippen molar-refractivity contribution in [3.63, 3.8) is 0 Å². The summed E-state index contributed by atoms with van der Waals surface area (Å²) in [6.07, 6.45) is -3.02. The third-order valence-corrected chi connectivity index (χ3v) is 7.99. The van der Waals surface area contributed by atoms with Gasteiger partial charge < -0.3 is 20.7 Å². The first-order chi connectivity index (χ1) is 17.0. The number of nitrogens with one attached hydrogen (secondary N) is 1. The van der Waals surface area contributed by atoms with Crippen LogP contribution in [0.5, 0.6) is 5.88 Å². The molecule has 190 valence electrons. The summed E-state index contributed by atoms with van der Waals surface area (Å²) in [5.74, 6) is -0.224. The van der Waals surface area contributed by atoms with Crippen LogP contribution in [0.15, 0.2) is 12.4 Å². The molecule has 3 aliphatic heterocycles. The molecule has 0 radical (unpaired) electrons. The van der Waals surface area contributed by atoms with Gasteiger partial charge in [-0.3, -0.25) is 0 Å². The van der Waals surface area contributed by atoms with E-state index in [9.17, 15) is 13.2 Å². The molecule has 2 bridgehead atoms. The molecule has 36 heavy (non-hydrogen) atoms.